The van der Waals surface area contributed by atoms with Crippen LogP contribution in [0, 0.1) is 12.8 Å². The van der Waals surface area contributed by atoms with E-state index in [0.717, 1.165) is 12.0 Å². The van der Waals surface area contributed by atoms with Crippen LogP contribution in [0.15, 0.2) is 18.2 Å². The molecule has 0 aliphatic heterocycles. The molecule has 0 radical (unpaired) electrons. The highest BCUT2D eigenvalue weighted by atomic mass is 16.5. The standard InChI is InChI=1S/C13H18O2/c1-9(2)5-12-6-10(3)7-13(8-12)15-11(4)14/h6-9H,5H2,1-4H3. The lowest BCUT2D eigenvalue weighted by Crippen LogP contribution is -2.03. The molecule has 0 amide bonds. The van der Waals surface area contributed by atoms with Crippen LogP contribution in [-0.2, 0) is 11.2 Å². The Morgan fingerprint density at radius 3 is 2.53 bits per heavy atom. The average molecular weight is 206 g/mol. The molecule has 0 saturated carbocycles. The first kappa shape index (κ1) is 11.8. The van der Waals surface area contributed by atoms with Gasteiger partial charge in [0.1, 0.15) is 5.75 Å². The second kappa shape index (κ2) is 4.96. The summed E-state index contributed by atoms with van der Waals surface area (Å²) in [5.41, 5.74) is 2.35. The van der Waals surface area contributed by atoms with E-state index < -0.39 is 0 Å². The molecule has 15 heavy (non-hydrogen) atoms. The molecule has 0 heterocycles. The van der Waals surface area contributed by atoms with Gasteiger partial charge < -0.3 is 4.74 Å². The first-order valence-electron chi connectivity index (χ1n) is 5.26. The van der Waals surface area contributed by atoms with Crippen LogP contribution in [0.5, 0.6) is 5.75 Å². The second-order valence-corrected chi connectivity index (χ2v) is 4.35. The number of hydrogen-bond acceptors (Lipinski definition) is 2. The first-order valence-corrected chi connectivity index (χ1v) is 5.26. The molecule has 0 fully saturated rings. The normalized spacial score (nSPS) is 10.5. The zero-order valence-corrected chi connectivity index (χ0v) is 9.83. The molecule has 1 rings (SSSR count). The molecular formula is C13H18O2. The highest BCUT2D eigenvalue weighted by Gasteiger charge is 2.03. The smallest absolute Gasteiger partial charge is 0.308 e. The third-order valence-corrected chi connectivity index (χ3v) is 2.02. The number of hydrogen-bond donors (Lipinski definition) is 0. The van der Waals surface area contributed by atoms with Gasteiger partial charge in [-0.05, 0) is 42.5 Å². The van der Waals surface area contributed by atoms with Crippen LogP contribution < -0.4 is 4.74 Å². The van der Waals surface area contributed by atoms with Gasteiger partial charge in [0.2, 0.25) is 0 Å². The van der Waals surface area contributed by atoms with Crippen molar-refractivity contribution in [2.75, 3.05) is 0 Å². The van der Waals surface area contributed by atoms with Crippen LogP contribution in [0.1, 0.15) is 31.9 Å². The van der Waals surface area contributed by atoms with Gasteiger partial charge >= 0.3 is 5.97 Å². The molecule has 0 unspecified atom stereocenters. The molecule has 0 bridgehead atoms. The minimum absolute atomic E-state index is 0.268. The van der Waals surface area contributed by atoms with Crippen molar-refractivity contribution >= 4 is 5.97 Å². The lowest BCUT2D eigenvalue weighted by Gasteiger charge is -2.09. The maximum Gasteiger partial charge on any atom is 0.308 e. The van der Waals surface area contributed by atoms with Gasteiger partial charge in [0.05, 0.1) is 0 Å². The molecule has 0 aromatic heterocycles. The Labute approximate surface area is 91.3 Å². The summed E-state index contributed by atoms with van der Waals surface area (Å²) in [5, 5.41) is 0. The molecule has 0 aliphatic carbocycles. The summed E-state index contributed by atoms with van der Waals surface area (Å²) in [6.45, 7) is 7.78. The van der Waals surface area contributed by atoms with Gasteiger partial charge in [-0.1, -0.05) is 19.9 Å². The van der Waals surface area contributed by atoms with E-state index in [1.54, 1.807) is 0 Å². The summed E-state index contributed by atoms with van der Waals surface area (Å²) in [6, 6.07) is 5.95. The summed E-state index contributed by atoms with van der Waals surface area (Å²) in [6.07, 6.45) is 1.01. The van der Waals surface area contributed by atoms with Crippen molar-refractivity contribution in [2.45, 2.75) is 34.1 Å². The third kappa shape index (κ3) is 4.15. The fraction of sp³-hybridized carbons (Fsp3) is 0.462. The van der Waals surface area contributed by atoms with E-state index in [2.05, 4.69) is 19.9 Å². The van der Waals surface area contributed by atoms with E-state index in [4.69, 9.17) is 4.74 Å². The van der Waals surface area contributed by atoms with Crippen LogP contribution in [-0.4, -0.2) is 5.97 Å². The van der Waals surface area contributed by atoms with Crippen molar-refractivity contribution in [1.29, 1.82) is 0 Å². The largest absolute Gasteiger partial charge is 0.427 e. The highest BCUT2D eigenvalue weighted by molar-refractivity contribution is 5.69. The maximum absolute atomic E-state index is 10.8. The monoisotopic (exact) mass is 206 g/mol. The van der Waals surface area contributed by atoms with Crippen molar-refractivity contribution in [3.63, 3.8) is 0 Å². The average Bonchev–Trinajstić information content (AvgIpc) is 1.98. The minimum atomic E-state index is -0.268. The number of rotatable bonds is 3. The number of carbonyl (C=O) groups is 1. The summed E-state index contributed by atoms with van der Waals surface area (Å²) in [4.78, 5) is 10.8. The molecule has 0 spiro atoms. The van der Waals surface area contributed by atoms with E-state index in [1.165, 1.54) is 12.5 Å². The van der Waals surface area contributed by atoms with Crippen LogP contribution in [0.4, 0.5) is 0 Å². The zero-order valence-electron chi connectivity index (χ0n) is 9.83. The SMILES string of the molecule is CC(=O)Oc1cc(C)cc(CC(C)C)c1. The number of aryl methyl sites for hydroxylation is 1. The predicted molar refractivity (Wildman–Crippen MR) is 61.0 cm³/mol. The molecule has 0 atom stereocenters. The van der Waals surface area contributed by atoms with Crippen LogP contribution in [0.25, 0.3) is 0 Å². The quantitative estimate of drug-likeness (QED) is 0.561. The molecule has 0 N–H and O–H groups in total. The van der Waals surface area contributed by atoms with Gasteiger partial charge in [0, 0.05) is 6.92 Å². The number of esters is 1. The summed E-state index contributed by atoms with van der Waals surface area (Å²) in [7, 11) is 0. The van der Waals surface area contributed by atoms with E-state index in [1.807, 2.05) is 19.1 Å². The van der Waals surface area contributed by atoms with Crippen molar-refractivity contribution in [3.05, 3.63) is 29.3 Å². The Hall–Kier alpha value is -1.31. The summed E-state index contributed by atoms with van der Waals surface area (Å²) in [5.74, 6) is 0.992. The minimum Gasteiger partial charge on any atom is -0.427 e. The Kier molecular flexibility index (Phi) is 3.89. The molecule has 2 heteroatoms. The van der Waals surface area contributed by atoms with Crippen molar-refractivity contribution in [3.8, 4) is 5.75 Å². The van der Waals surface area contributed by atoms with E-state index >= 15 is 0 Å². The van der Waals surface area contributed by atoms with Gasteiger partial charge in [-0.3, -0.25) is 4.79 Å². The molecule has 1 aromatic rings. The first-order chi connectivity index (χ1) is 6.97. The van der Waals surface area contributed by atoms with Gasteiger partial charge in [-0.15, -0.1) is 0 Å². The molecular weight excluding hydrogens is 188 g/mol. The number of carbonyl (C=O) groups excluding carboxylic acids is 1. The Morgan fingerprint density at radius 1 is 1.33 bits per heavy atom. The molecule has 2 nitrogen and oxygen atoms in total. The van der Waals surface area contributed by atoms with E-state index in [-0.39, 0.29) is 5.97 Å². The predicted octanol–water partition coefficient (Wildman–Crippen LogP) is 3.12. The van der Waals surface area contributed by atoms with Crippen LogP contribution >= 0.6 is 0 Å². The van der Waals surface area contributed by atoms with Gasteiger partial charge in [0.15, 0.2) is 0 Å². The third-order valence-electron chi connectivity index (χ3n) is 2.02. The summed E-state index contributed by atoms with van der Waals surface area (Å²) >= 11 is 0. The molecule has 82 valence electrons. The van der Waals surface area contributed by atoms with Crippen LogP contribution in [0.2, 0.25) is 0 Å². The summed E-state index contributed by atoms with van der Waals surface area (Å²) < 4.78 is 5.08. The van der Waals surface area contributed by atoms with E-state index in [9.17, 15) is 4.79 Å². The second-order valence-electron chi connectivity index (χ2n) is 4.35. The molecule has 1 aromatic carbocycles. The highest BCUT2D eigenvalue weighted by Crippen LogP contribution is 2.19. The Morgan fingerprint density at radius 2 is 2.00 bits per heavy atom. The lowest BCUT2D eigenvalue weighted by molar-refractivity contribution is -0.131. The topological polar surface area (TPSA) is 26.3 Å². The number of ether oxygens (including phenoxy) is 1. The van der Waals surface area contributed by atoms with Gasteiger partial charge in [-0.25, -0.2) is 0 Å². The van der Waals surface area contributed by atoms with Gasteiger partial charge in [-0.2, -0.15) is 0 Å². The fourth-order valence-electron chi connectivity index (χ4n) is 1.64. The Bertz CT molecular complexity index is 354. The van der Waals surface area contributed by atoms with E-state index in [0.29, 0.717) is 11.7 Å². The van der Waals surface area contributed by atoms with Crippen molar-refractivity contribution < 1.29 is 9.53 Å². The number of benzene rings is 1. The van der Waals surface area contributed by atoms with Crippen LogP contribution in [0.3, 0.4) is 0 Å². The Balaban J connectivity index is 2.89. The van der Waals surface area contributed by atoms with Gasteiger partial charge in [0.25, 0.3) is 0 Å². The molecule has 0 aliphatic rings. The fourth-order valence-corrected chi connectivity index (χ4v) is 1.64. The van der Waals surface area contributed by atoms with Crippen molar-refractivity contribution in [2.24, 2.45) is 5.92 Å². The lowest BCUT2D eigenvalue weighted by atomic mass is 10.0. The zero-order chi connectivity index (χ0) is 11.4. The molecule has 0 saturated heterocycles. The van der Waals surface area contributed by atoms with Crippen molar-refractivity contribution in [1.82, 2.24) is 0 Å². The maximum atomic E-state index is 10.8.